The highest BCUT2D eigenvalue weighted by atomic mass is 16.5. The first kappa shape index (κ1) is 20.2. The molecule has 0 bridgehead atoms. The van der Waals surface area contributed by atoms with Gasteiger partial charge < -0.3 is 14.8 Å². The van der Waals surface area contributed by atoms with Crippen LogP contribution in [0.5, 0.6) is 0 Å². The fourth-order valence-electron chi connectivity index (χ4n) is 3.55. The zero-order valence-corrected chi connectivity index (χ0v) is 17.2. The second-order valence-electron chi connectivity index (χ2n) is 7.47. The van der Waals surface area contributed by atoms with E-state index in [4.69, 9.17) is 9.47 Å². The van der Waals surface area contributed by atoms with Gasteiger partial charge in [-0.25, -0.2) is 0 Å². The molecule has 1 fully saturated rings. The quantitative estimate of drug-likeness (QED) is 0.676. The van der Waals surface area contributed by atoms with E-state index in [0.29, 0.717) is 44.2 Å². The SMILES string of the molecule is Cc1ccc(NC(=O)C2(OCc3ccccc3)CCOCC2)cc1-n1nnnc1C. The Labute approximate surface area is 175 Å². The minimum atomic E-state index is -0.927. The number of aryl methyl sites for hydroxylation is 2. The minimum absolute atomic E-state index is 0.162. The molecule has 4 rings (SSSR count). The number of benzene rings is 2. The molecular weight excluding hydrogens is 382 g/mol. The van der Waals surface area contributed by atoms with Crippen LogP contribution in [0.3, 0.4) is 0 Å². The number of hydrogen-bond acceptors (Lipinski definition) is 6. The van der Waals surface area contributed by atoms with E-state index in [1.807, 2.05) is 62.4 Å². The number of amides is 1. The third kappa shape index (κ3) is 4.24. The third-order valence-electron chi connectivity index (χ3n) is 5.39. The summed E-state index contributed by atoms with van der Waals surface area (Å²) in [4.78, 5) is 13.3. The van der Waals surface area contributed by atoms with Crippen molar-refractivity contribution in [3.8, 4) is 5.69 Å². The summed E-state index contributed by atoms with van der Waals surface area (Å²) in [5.41, 5.74) is 2.60. The molecule has 30 heavy (non-hydrogen) atoms. The van der Waals surface area contributed by atoms with Crippen molar-refractivity contribution < 1.29 is 14.3 Å². The van der Waals surface area contributed by atoms with Crippen molar-refractivity contribution in [3.05, 3.63) is 65.5 Å². The number of hydrogen-bond donors (Lipinski definition) is 1. The van der Waals surface area contributed by atoms with E-state index in [0.717, 1.165) is 16.8 Å². The van der Waals surface area contributed by atoms with Crippen molar-refractivity contribution in [3.63, 3.8) is 0 Å². The highest BCUT2D eigenvalue weighted by Crippen LogP contribution is 2.29. The second-order valence-corrected chi connectivity index (χ2v) is 7.47. The molecule has 2 aromatic carbocycles. The van der Waals surface area contributed by atoms with Crippen LogP contribution >= 0.6 is 0 Å². The lowest BCUT2D eigenvalue weighted by Gasteiger charge is -2.35. The van der Waals surface area contributed by atoms with Crippen molar-refractivity contribution >= 4 is 11.6 Å². The van der Waals surface area contributed by atoms with Crippen molar-refractivity contribution in [2.45, 2.75) is 38.9 Å². The lowest BCUT2D eigenvalue weighted by molar-refractivity contribution is -0.158. The maximum atomic E-state index is 13.3. The monoisotopic (exact) mass is 407 g/mol. The van der Waals surface area contributed by atoms with E-state index in [2.05, 4.69) is 20.8 Å². The predicted octanol–water partition coefficient (Wildman–Crippen LogP) is 2.98. The average Bonchev–Trinajstić information content (AvgIpc) is 3.20. The Bertz CT molecular complexity index is 1010. The van der Waals surface area contributed by atoms with Crippen molar-refractivity contribution in [2.24, 2.45) is 0 Å². The molecule has 8 nitrogen and oxygen atoms in total. The van der Waals surface area contributed by atoms with Crippen LogP contribution in [-0.2, 0) is 20.9 Å². The number of rotatable bonds is 6. The standard InChI is InChI=1S/C22H25N5O3/c1-16-8-9-19(14-20(16)27-17(2)24-25-26-27)23-21(28)22(10-12-29-13-11-22)30-15-18-6-4-3-5-7-18/h3-9,14H,10-13,15H2,1-2H3,(H,23,28). The van der Waals surface area contributed by atoms with Crippen LogP contribution in [-0.4, -0.2) is 44.9 Å². The number of carbonyl (C=O) groups is 1. The van der Waals surface area contributed by atoms with E-state index in [1.54, 1.807) is 4.68 Å². The number of nitrogens with zero attached hydrogens (tertiary/aromatic N) is 4. The lowest BCUT2D eigenvalue weighted by Crippen LogP contribution is -2.49. The van der Waals surface area contributed by atoms with Gasteiger partial charge in [0, 0.05) is 31.7 Å². The number of ether oxygens (including phenoxy) is 2. The summed E-state index contributed by atoms with van der Waals surface area (Å²) in [5, 5.41) is 14.7. The normalized spacial score (nSPS) is 15.7. The summed E-state index contributed by atoms with van der Waals surface area (Å²) in [6.45, 7) is 5.16. The van der Waals surface area contributed by atoms with Gasteiger partial charge in [-0.05, 0) is 47.5 Å². The van der Waals surface area contributed by atoms with Gasteiger partial charge >= 0.3 is 0 Å². The largest absolute Gasteiger partial charge is 0.381 e. The molecule has 1 N–H and O–H groups in total. The molecule has 2 heterocycles. The van der Waals surface area contributed by atoms with Gasteiger partial charge in [-0.3, -0.25) is 4.79 Å². The van der Waals surface area contributed by atoms with Gasteiger partial charge in [0.1, 0.15) is 0 Å². The van der Waals surface area contributed by atoms with Crippen molar-refractivity contribution in [1.29, 1.82) is 0 Å². The molecule has 3 aromatic rings. The molecule has 0 radical (unpaired) electrons. The third-order valence-corrected chi connectivity index (χ3v) is 5.39. The molecule has 0 aliphatic carbocycles. The zero-order chi connectivity index (χ0) is 21.0. The van der Waals surface area contributed by atoms with Crippen molar-refractivity contribution in [1.82, 2.24) is 20.2 Å². The maximum absolute atomic E-state index is 13.3. The summed E-state index contributed by atoms with van der Waals surface area (Å²) in [6.07, 6.45) is 1.02. The molecule has 0 atom stereocenters. The van der Waals surface area contributed by atoms with Crippen LogP contribution in [0.15, 0.2) is 48.5 Å². The van der Waals surface area contributed by atoms with Crippen molar-refractivity contribution in [2.75, 3.05) is 18.5 Å². The minimum Gasteiger partial charge on any atom is -0.381 e. The molecule has 156 valence electrons. The molecular formula is C22H25N5O3. The zero-order valence-electron chi connectivity index (χ0n) is 17.2. The number of aromatic nitrogens is 4. The molecule has 0 saturated carbocycles. The molecule has 1 amide bonds. The molecule has 1 aliphatic heterocycles. The van der Waals surface area contributed by atoms with E-state index in [9.17, 15) is 4.79 Å². The Morgan fingerprint density at radius 2 is 1.93 bits per heavy atom. The van der Waals surface area contributed by atoms with Gasteiger partial charge in [0.15, 0.2) is 11.4 Å². The lowest BCUT2D eigenvalue weighted by atomic mass is 9.92. The smallest absolute Gasteiger partial charge is 0.256 e. The fourth-order valence-corrected chi connectivity index (χ4v) is 3.55. The Kier molecular flexibility index (Phi) is 5.87. The summed E-state index contributed by atoms with van der Waals surface area (Å²) in [6, 6.07) is 15.6. The van der Waals surface area contributed by atoms with Gasteiger partial charge in [-0.15, -0.1) is 5.10 Å². The number of anilines is 1. The second kappa shape index (κ2) is 8.73. The fraction of sp³-hybridized carbons (Fsp3) is 0.364. The first-order chi connectivity index (χ1) is 14.6. The number of nitrogens with one attached hydrogen (secondary N) is 1. The first-order valence-electron chi connectivity index (χ1n) is 10.0. The maximum Gasteiger partial charge on any atom is 0.256 e. The van der Waals surface area contributed by atoms with Crippen LogP contribution in [0.25, 0.3) is 5.69 Å². The average molecular weight is 407 g/mol. The van der Waals surface area contributed by atoms with Crippen LogP contribution in [0.1, 0.15) is 29.8 Å². The molecule has 0 unspecified atom stereocenters. The summed E-state index contributed by atoms with van der Waals surface area (Å²) < 4.78 is 13.3. The van der Waals surface area contributed by atoms with Gasteiger partial charge in [0.05, 0.1) is 12.3 Å². The highest BCUT2D eigenvalue weighted by Gasteiger charge is 2.41. The molecule has 1 aromatic heterocycles. The van der Waals surface area contributed by atoms with Crippen LogP contribution in [0.4, 0.5) is 5.69 Å². The Morgan fingerprint density at radius 1 is 1.17 bits per heavy atom. The van der Waals surface area contributed by atoms with Crippen LogP contribution < -0.4 is 5.32 Å². The molecule has 8 heteroatoms. The van der Waals surface area contributed by atoms with E-state index in [1.165, 1.54) is 0 Å². The Hall–Kier alpha value is -3.10. The highest BCUT2D eigenvalue weighted by molar-refractivity contribution is 5.97. The van der Waals surface area contributed by atoms with Gasteiger partial charge in [-0.2, -0.15) is 4.68 Å². The summed E-state index contributed by atoms with van der Waals surface area (Å²) in [5.74, 6) is 0.513. The number of carbonyl (C=O) groups excluding carboxylic acids is 1. The van der Waals surface area contributed by atoms with E-state index >= 15 is 0 Å². The van der Waals surface area contributed by atoms with Gasteiger partial charge in [-0.1, -0.05) is 36.4 Å². The molecule has 0 spiro atoms. The van der Waals surface area contributed by atoms with Gasteiger partial charge in [0.2, 0.25) is 0 Å². The molecule has 1 aliphatic rings. The first-order valence-corrected chi connectivity index (χ1v) is 10.0. The Balaban J connectivity index is 1.55. The summed E-state index contributed by atoms with van der Waals surface area (Å²) in [7, 11) is 0. The summed E-state index contributed by atoms with van der Waals surface area (Å²) >= 11 is 0. The number of tetrazole rings is 1. The van der Waals surface area contributed by atoms with Crippen LogP contribution in [0.2, 0.25) is 0 Å². The van der Waals surface area contributed by atoms with Gasteiger partial charge in [0.25, 0.3) is 5.91 Å². The van der Waals surface area contributed by atoms with Crippen LogP contribution in [0, 0.1) is 13.8 Å². The topological polar surface area (TPSA) is 91.2 Å². The van der Waals surface area contributed by atoms with E-state index < -0.39 is 5.60 Å². The Morgan fingerprint density at radius 3 is 2.63 bits per heavy atom. The predicted molar refractivity (Wildman–Crippen MR) is 111 cm³/mol. The van der Waals surface area contributed by atoms with E-state index in [-0.39, 0.29) is 5.91 Å². The molecule has 1 saturated heterocycles.